The van der Waals surface area contributed by atoms with E-state index < -0.39 is 0 Å². The highest BCUT2D eigenvalue weighted by Crippen LogP contribution is 2.26. The Balaban J connectivity index is 1.84. The molecular formula is C14H15NO. The fourth-order valence-corrected chi connectivity index (χ4v) is 2.32. The molecule has 0 saturated carbocycles. The number of hydrogen-bond acceptors (Lipinski definition) is 2. The van der Waals surface area contributed by atoms with Crippen molar-refractivity contribution in [2.24, 2.45) is 0 Å². The van der Waals surface area contributed by atoms with Gasteiger partial charge in [0.25, 0.3) is 0 Å². The lowest BCUT2D eigenvalue weighted by molar-refractivity contribution is 0.568. The maximum atomic E-state index is 5.09. The van der Waals surface area contributed by atoms with Crippen LogP contribution in [0.2, 0.25) is 0 Å². The monoisotopic (exact) mass is 213 g/mol. The smallest absolute Gasteiger partial charge is 0.0980 e. The second-order valence-corrected chi connectivity index (χ2v) is 4.32. The van der Waals surface area contributed by atoms with Crippen LogP contribution in [0, 0.1) is 0 Å². The fourth-order valence-electron chi connectivity index (χ4n) is 2.32. The Morgan fingerprint density at radius 2 is 1.94 bits per heavy atom. The number of hydrogen-bond donors (Lipinski definition) is 1. The average Bonchev–Trinajstić information content (AvgIpc) is 3.03. The molecule has 0 bridgehead atoms. The van der Waals surface area contributed by atoms with Crippen LogP contribution in [0.3, 0.4) is 0 Å². The Labute approximate surface area is 95.3 Å². The molecule has 1 aromatic carbocycles. The standard InChI is InChI=1S/C14H15NO/c1-3-12(14-6-8-16-10-14)4-2-11(1)13-5-7-15-9-13/h1-4,6,8,10,13,15H,5,7,9H2. The minimum atomic E-state index is 0.693. The summed E-state index contributed by atoms with van der Waals surface area (Å²) in [6.45, 7) is 2.26. The van der Waals surface area contributed by atoms with Gasteiger partial charge in [-0.05, 0) is 36.1 Å². The summed E-state index contributed by atoms with van der Waals surface area (Å²) in [5.41, 5.74) is 3.82. The highest BCUT2D eigenvalue weighted by atomic mass is 16.3. The SMILES string of the molecule is c1cc(-c2ccc(C3CCNC3)cc2)co1. The van der Waals surface area contributed by atoms with Crippen molar-refractivity contribution < 1.29 is 4.42 Å². The topological polar surface area (TPSA) is 25.2 Å². The molecular weight excluding hydrogens is 198 g/mol. The van der Waals surface area contributed by atoms with Crippen molar-refractivity contribution in [3.8, 4) is 11.1 Å². The molecule has 0 spiro atoms. The van der Waals surface area contributed by atoms with E-state index in [0.717, 1.165) is 18.7 Å². The summed E-state index contributed by atoms with van der Waals surface area (Å²) >= 11 is 0. The summed E-state index contributed by atoms with van der Waals surface area (Å²) in [4.78, 5) is 0. The molecule has 16 heavy (non-hydrogen) atoms. The van der Waals surface area contributed by atoms with Gasteiger partial charge in [-0.3, -0.25) is 0 Å². The molecule has 3 rings (SSSR count). The molecule has 0 radical (unpaired) electrons. The van der Waals surface area contributed by atoms with Crippen molar-refractivity contribution in [2.45, 2.75) is 12.3 Å². The number of furan rings is 1. The molecule has 1 aliphatic heterocycles. The first kappa shape index (κ1) is 9.67. The summed E-state index contributed by atoms with van der Waals surface area (Å²) in [6.07, 6.45) is 4.75. The van der Waals surface area contributed by atoms with Gasteiger partial charge in [-0.1, -0.05) is 24.3 Å². The van der Waals surface area contributed by atoms with E-state index in [1.165, 1.54) is 17.5 Å². The van der Waals surface area contributed by atoms with Gasteiger partial charge in [0.1, 0.15) is 0 Å². The minimum absolute atomic E-state index is 0.693. The molecule has 1 unspecified atom stereocenters. The van der Waals surface area contributed by atoms with E-state index in [-0.39, 0.29) is 0 Å². The second kappa shape index (κ2) is 4.14. The largest absolute Gasteiger partial charge is 0.472 e. The Morgan fingerprint density at radius 3 is 2.56 bits per heavy atom. The van der Waals surface area contributed by atoms with Crippen molar-refractivity contribution in [2.75, 3.05) is 13.1 Å². The first-order valence-corrected chi connectivity index (χ1v) is 5.77. The van der Waals surface area contributed by atoms with E-state index in [1.807, 2.05) is 6.07 Å². The van der Waals surface area contributed by atoms with Crippen LogP contribution in [0.5, 0.6) is 0 Å². The maximum Gasteiger partial charge on any atom is 0.0980 e. The van der Waals surface area contributed by atoms with Crippen LogP contribution < -0.4 is 5.32 Å². The third kappa shape index (κ3) is 1.76. The molecule has 2 nitrogen and oxygen atoms in total. The summed E-state index contributed by atoms with van der Waals surface area (Å²) in [6, 6.07) is 10.8. The Hall–Kier alpha value is -1.54. The van der Waals surface area contributed by atoms with Crippen LogP contribution in [-0.4, -0.2) is 13.1 Å². The number of benzene rings is 1. The van der Waals surface area contributed by atoms with Gasteiger partial charge in [0, 0.05) is 12.1 Å². The van der Waals surface area contributed by atoms with E-state index in [0.29, 0.717) is 5.92 Å². The van der Waals surface area contributed by atoms with Crippen molar-refractivity contribution in [1.29, 1.82) is 0 Å². The van der Waals surface area contributed by atoms with Gasteiger partial charge in [0.05, 0.1) is 12.5 Å². The lowest BCUT2D eigenvalue weighted by Gasteiger charge is -2.08. The molecule has 0 amide bonds. The molecule has 1 atom stereocenters. The van der Waals surface area contributed by atoms with E-state index in [9.17, 15) is 0 Å². The van der Waals surface area contributed by atoms with Crippen LogP contribution in [-0.2, 0) is 0 Å². The zero-order valence-corrected chi connectivity index (χ0v) is 9.15. The van der Waals surface area contributed by atoms with Gasteiger partial charge in [0.2, 0.25) is 0 Å². The van der Waals surface area contributed by atoms with Gasteiger partial charge >= 0.3 is 0 Å². The lowest BCUT2D eigenvalue weighted by Crippen LogP contribution is -2.07. The van der Waals surface area contributed by atoms with E-state index >= 15 is 0 Å². The Morgan fingerprint density at radius 1 is 1.06 bits per heavy atom. The molecule has 1 saturated heterocycles. The number of rotatable bonds is 2. The predicted octanol–water partition coefficient (Wildman–Crippen LogP) is 3.02. The first-order chi connectivity index (χ1) is 7.93. The molecule has 0 aliphatic carbocycles. The summed E-state index contributed by atoms with van der Waals surface area (Å²) < 4.78 is 5.09. The van der Waals surface area contributed by atoms with Gasteiger partial charge < -0.3 is 9.73 Å². The predicted molar refractivity (Wildman–Crippen MR) is 64.4 cm³/mol. The molecule has 2 heteroatoms. The molecule has 1 aliphatic rings. The van der Waals surface area contributed by atoms with Gasteiger partial charge in [0.15, 0.2) is 0 Å². The fraction of sp³-hybridized carbons (Fsp3) is 0.286. The van der Waals surface area contributed by atoms with Crippen LogP contribution >= 0.6 is 0 Å². The lowest BCUT2D eigenvalue weighted by atomic mass is 9.96. The second-order valence-electron chi connectivity index (χ2n) is 4.32. The van der Waals surface area contributed by atoms with Crippen LogP contribution in [0.25, 0.3) is 11.1 Å². The third-order valence-electron chi connectivity index (χ3n) is 3.30. The normalized spacial score (nSPS) is 20.1. The quantitative estimate of drug-likeness (QED) is 0.829. The van der Waals surface area contributed by atoms with E-state index in [1.54, 1.807) is 12.5 Å². The van der Waals surface area contributed by atoms with Crippen molar-refractivity contribution >= 4 is 0 Å². The molecule has 1 fully saturated rings. The van der Waals surface area contributed by atoms with Crippen molar-refractivity contribution in [1.82, 2.24) is 5.32 Å². The molecule has 1 aromatic heterocycles. The Kier molecular flexibility index (Phi) is 2.50. The van der Waals surface area contributed by atoms with Gasteiger partial charge in [-0.2, -0.15) is 0 Å². The maximum absolute atomic E-state index is 5.09. The highest BCUT2D eigenvalue weighted by Gasteiger charge is 2.16. The summed E-state index contributed by atoms with van der Waals surface area (Å²) in [7, 11) is 0. The number of nitrogens with one attached hydrogen (secondary N) is 1. The van der Waals surface area contributed by atoms with Crippen LogP contribution in [0.15, 0.2) is 47.3 Å². The summed E-state index contributed by atoms with van der Waals surface area (Å²) in [5.74, 6) is 0.693. The van der Waals surface area contributed by atoms with E-state index in [2.05, 4.69) is 29.6 Å². The van der Waals surface area contributed by atoms with Crippen LogP contribution in [0.4, 0.5) is 0 Å². The molecule has 1 N–H and O–H groups in total. The van der Waals surface area contributed by atoms with Gasteiger partial charge in [-0.25, -0.2) is 0 Å². The van der Waals surface area contributed by atoms with E-state index in [4.69, 9.17) is 4.42 Å². The molecule has 2 heterocycles. The van der Waals surface area contributed by atoms with Crippen molar-refractivity contribution in [3.63, 3.8) is 0 Å². The average molecular weight is 213 g/mol. The van der Waals surface area contributed by atoms with Gasteiger partial charge in [-0.15, -0.1) is 0 Å². The zero-order chi connectivity index (χ0) is 10.8. The van der Waals surface area contributed by atoms with Crippen molar-refractivity contribution in [3.05, 3.63) is 48.4 Å². The third-order valence-corrected chi connectivity index (χ3v) is 3.30. The Bertz CT molecular complexity index is 438. The first-order valence-electron chi connectivity index (χ1n) is 5.77. The summed E-state index contributed by atoms with van der Waals surface area (Å²) in [5, 5.41) is 3.40. The van der Waals surface area contributed by atoms with Crippen LogP contribution in [0.1, 0.15) is 17.9 Å². The zero-order valence-electron chi connectivity index (χ0n) is 9.15. The molecule has 82 valence electrons. The molecule has 2 aromatic rings. The minimum Gasteiger partial charge on any atom is -0.472 e. The highest BCUT2D eigenvalue weighted by molar-refractivity contribution is 5.62.